The second kappa shape index (κ2) is 9.54. The Kier molecular flexibility index (Phi) is 7.14. The SMILES string of the molecule is CCOC(=O)c1cc(C#N)c(SCCOc2cccc([N+](=O)[O-])c2)nc1C. The molecule has 0 fully saturated rings. The molecule has 0 saturated carbocycles. The van der Waals surface area contributed by atoms with Crippen LogP contribution in [0.3, 0.4) is 0 Å². The van der Waals surface area contributed by atoms with Crippen LogP contribution in [0.2, 0.25) is 0 Å². The normalized spacial score (nSPS) is 10.1. The van der Waals surface area contributed by atoms with Gasteiger partial charge >= 0.3 is 5.97 Å². The lowest BCUT2D eigenvalue weighted by Gasteiger charge is -2.10. The molecule has 9 heteroatoms. The van der Waals surface area contributed by atoms with Gasteiger partial charge in [0, 0.05) is 11.8 Å². The molecule has 27 heavy (non-hydrogen) atoms. The number of benzene rings is 1. The average molecular weight is 387 g/mol. The Morgan fingerprint density at radius 1 is 1.41 bits per heavy atom. The lowest BCUT2D eigenvalue weighted by atomic mass is 10.1. The molecule has 0 amide bonds. The van der Waals surface area contributed by atoms with E-state index in [1.807, 2.05) is 6.07 Å². The molecule has 2 rings (SSSR count). The zero-order valence-electron chi connectivity index (χ0n) is 14.8. The van der Waals surface area contributed by atoms with Crippen LogP contribution in [0.1, 0.15) is 28.5 Å². The summed E-state index contributed by atoms with van der Waals surface area (Å²) in [7, 11) is 0. The summed E-state index contributed by atoms with van der Waals surface area (Å²) in [6, 6.07) is 9.43. The Hall–Kier alpha value is -3.12. The third-order valence-corrected chi connectivity index (χ3v) is 4.37. The summed E-state index contributed by atoms with van der Waals surface area (Å²) >= 11 is 1.30. The maximum absolute atomic E-state index is 11.9. The van der Waals surface area contributed by atoms with Crippen molar-refractivity contribution in [1.82, 2.24) is 4.98 Å². The van der Waals surface area contributed by atoms with Crippen LogP contribution in [0.25, 0.3) is 0 Å². The number of aromatic nitrogens is 1. The topological polar surface area (TPSA) is 115 Å². The predicted octanol–water partition coefficient (Wildman–Crippen LogP) is 3.52. The summed E-state index contributed by atoms with van der Waals surface area (Å²) in [5, 5.41) is 20.6. The highest BCUT2D eigenvalue weighted by molar-refractivity contribution is 7.99. The van der Waals surface area contributed by atoms with E-state index in [2.05, 4.69) is 4.98 Å². The van der Waals surface area contributed by atoms with Crippen LogP contribution in [-0.4, -0.2) is 34.8 Å². The van der Waals surface area contributed by atoms with Crippen molar-refractivity contribution in [2.75, 3.05) is 19.0 Å². The minimum atomic E-state index is -0.510. The zero-order valence-corrected chi connectivity index (χ0v) is 15.6. The van der Waals surface area contributed by atoms with Gasteiger partial charge in [0.25, 0.3) is 5.69 Å². The molecule has 0 aliphatic carbocycles. The van der Waals surface area contributed by atoms with Crippen molar-refractivity contribution in [2.45, 2.75) is 18.9 Å². The molecule has 0 radical (unpaired) electrons. The van der Waals surface area contributed by atoms with Crippen molar-refractivity contribution < 1.29 is 19.2 Å². The summed E-state index contributed by atoms with van der Waals surface area (Å²) in [6.07, 6.45) is 0. The maximum Gasteiger partial charge on any atom is 0.340 e. The Balaban J connectivity index is 2.00. The molecule has 0 aliphatic heterocycles. The minimum Gasteiger partial charge on any atom is -0.492 e. The molecule has 0 N–H and O–H groups in total. The van der Waals surface area contributed by atoms with E-state index >= 15 is 0 Å². The zero-order chi connectivity index (χ0) is 19.8. The molecule has 2 aromatic rings. The first-order valence-corrected chi connectivity index (χ1v) is 9.03. The van der Waals surface area contributed by atoms with Crippen molar-refractivity contribution in [3.63, 3.8) is 0 Å². The van der Waals surface area contributed by atoms with E-state index in [4.69, 9.17) is 9.47 Å². The number of nitrogens with zero attached hydrogens (tertiary/aromatic N) is 3. The summed E-state index contributed by atoms with van der Waals surface area (Å²) in [6.45, 7) is 3.90. The van der Waals surface area contributed by atoms with Crippen molar-refractivity contribution in [2.24, 2.45) is 0 Å². The number of esters is 1. The van der Waals surface area contributed by atoms with Crippen LogP contribution in [0.15, 0.2) is 35.4 Å². The van der Waals surface area contributed by atoms with Gasteiger partial charge < -0.3 is 9.47 Å². The number of pyridine rings is 1. The van der Waals surface area contributed by atoms with Gasteiger partial charge in [-0.25, -0.2) is 9.78 Å². The third kappa shape index (κ3) is 5.43. The van der Waals surface area contributed by atoms with Gasteiger partial charge in [-0.15, -0.1) is 11.8 Å². The van der Waals surface area contributed by atoms with Gasteiger partial charge in [-0.2, -0.15) is 5.26 Å². The largest absolute Gasteiger partial charge is 0.492 e. The fourth-order valence-electron chi connectivity index (χ4n) is 2.17. The fraction of sp³-hybridized carbons (Fsp3) is 0.278. The summed E-state index contributed by atoms with van der Waals surface area (Å²) in [5.41, 5.74) is 0.989. The van der Waals surface area contributed by atoms with Gasteiger partial charge in [0.2, 0.25) is 0 Å². The first-order chi connectivity index (χ1) is 13.0. The molecule has 140 valence electrons. The lowest BCUT2D eigenvalue weighted by Crippen LogP contribution is -2.09. The van der Waals surface area contributed by atoms with E-state index in [0.29, 0.717) is 22.2 Å². The number of nitriles is 1. The van der Waals surface area contributed by atoms with Crippen molar-refractivity contribution >= 4 is 23.4 Å². The van der Waals surface area contributed by atoms with E-state index < -0.39 is 10.9 Å². The highest BCUT2D eigenvalue weighted by Gasteiger charge is 2.16. The summed E-state index contributed by atoms with van der Waals surface area (Å²) in [5.74, 6) is 0.361. The second-order valence-electron chi connectivity index (χ2n) is 5.26. The monoisotopic (exact) mass is 387 g/mol. The van der Waals surface area contributed by atoms with Crippen molar-refractivity contribution in [3.8, 4) is 11.8 Å². The number of ether oxygens (including phenoxy) is 2. The smallest absolute Gasteiger partial charge is 0.340 e. The van der Waals surface area contributed by atoms with E-state index in [0.717, 1.165) is 0 Å². The standard InChI is InChI=1S/C18H17N3O5S/c1-3-25-18(22)16-9-13(11-19)17(20-12(16)2)27-8-7-26-15-6-4-5-14(10-15)21(23)24/h4-6,9-10H,3,7-8H2,1-2H3. The highest BCUT2D eigenvalue weighted by atomic mass is 32.2. The number of nitro groups is 1. The van der Waals surface area contributed by atoms with E-state index in [1.54, 1.807) is 26.0 Å². The third-order valence-electron chi connectivity index (χ3n) is 3.41. The number of carbonyl (C=O) groups is 1. The highest BCUT2D eigenvalue weighted by Crippen LogP contribution is 2.24. The molecule has 0 bridgehead atoms. The van der Waals surface area contributed by atoms with Gasteiger partial charge in [0.1, 0.15) is 16.8 Å². The number of aryl methyl sites for hydroxylation is 1. The first-order valence-electron chi connectivity index (χ1n) is 8.05. The van der Waals surface area contributed by atoms with Crippen molar-refractivity contribution in [1.29, 1.82) is 5.26 Å². The maximum atomic E-state index is 11.9. The molecule has 8 nitrogen and oxygen atoms in total. The van der Waals surface area contributed by atoms with Crippen LogP contribution in [0, 0.1) is 28.4 Å². The number of thioether (sulfide) groups is 1. The number of rotatable bonds is 8. The van der Waals surface area contributed by atoms with Gasteiger partial charge in [-0.05, 0) is 26.0 Å². The molecular formula is C18H17N3O5S. The van der Waals surface area contributed by atoms with Crippen LogP contribution < -0.4 is 4.74 Å². The second-order valence-corrected chi connectivity index (χ2v) is 6.34. The first kappa shape index (κ1) is 20.2. The van der Waals surface area contributed by atoms with Gasteiger partial charge in [-0.3, -0.25) is 10.1 Å². The van der Waals surface area contributed by atoms with Crippen LogP contribution in [0.5, 0.6) is 5.75 Å². The van der Waals surface area contributed by atoms with E-state index in [1.165, 1.54) is 30.0 Å². The molecule has 0 aliphatic rings. The molecule has 1 heterocycles. The van der Waals surface area contributed by atoms with Gasteiger partial charge in [0.05, 0.1) is 41.0 Å². The van der Waals surface area contributed by atoms with Crippen LogP contribution >= 0.6 is 11.8 Å². The van der Waals surface area contributed by atoms with Crippen LogP contribution in [0.4, 0.5) is 5.69 Å². The Bertz CT molecular complexity index is 895. The average Bonchev–Trinajstić information content (AvgIpc) is 2.65. The Morgan fingerprint density at radius 2 is 2.19 bits per heavy atom. The summed E-state index contributed by atoms with van der Waals surface area (Å²) in [4.78, 5) is 26.5. The Morgan fingerprint density at radius 3 is 2.85 bits per heavy atom. The van der Waals surface area contributed by atoms with E-state index in [9.17, 15) is 20.2 Å². The number of nitro benzene ring substituents is 1. The van der Waals surface area contributed by atoms with Gasteiger partial charge in [0.15, 0.2) is 0 Å². The predicted molar refractivity (Wildman–Crippen MR) is 99.0 cm³/mol. The fourth-order valence-corrected chi connectivity index (χ4v) is 3.00. The number of non-ortho nitro benzene ring substituents is 1. The minimum absolute atomic E-state index is 0.0428. The summed E-state index contributed by atoms with van der Waals surface area (Å²) < 4.78 is 10.5. The van der Waals surface area contributed by atoms with Crippen LogP contribution in [-0.2, 0) is 4.74 Å². The molecule has 0 spiro atoms. The molecular weight excluding hydrogens is 370 g/mol. The molecule has 1 aromatic carbocycles. The molecule has 1 aromatic heterocycles. The number of hydrogen-bond donors (Lipinski definition) is 0. The number of carbonyl (C=O) groups excluding carboxylic acids is 1. The quantitative estimate of drug-likeness (QED) is 0.222. The molecule has 0 saturated heterocycles. The molecule has 0 atom stereocenters. The van der Waals surface area contributed by atoms with Crippen molar-refractivity contribution in [3.05, 3.63) is 57.3 Å². The molecule has 0 unspecified atom stereocenters. The number of hydrogen-bond acceptors (Lipinski definition) is 8. The lowest BCUT2D eigenvalue weighted by molar-refractivity contribution is -0.384. The Labute approximate surface area is 160 Å². The van der Waals surface area contributed by atoms with Gasteiger partial charge in [-0.1, -0.05) is 6.07 Å². The van der Waals surface area contributed by atoms with E-state index in [-0.39, 0.29) is 30.0 Å².